The fourth-order valence-corrected chi connectivity index (χ4v) is 3.26. The molecule has 0 aliphatic rings. The van der Waals surface area contributed by atoms with Crippen molar-refractivity contribution >= 4 is 52.5 Å². The van der Waals surface area contributed by atoms with Crippen molar-refractivity contribution in [1.29, 1.82) is 0 Å². The molecule has 0 aromatic heterocycles. The largest absolute Gasteiger partial charge is 0.369 e. The summed E-state index contributed by atoms with van der Waals surface area (Å²) in [6.07, 6.45) is 2.02. The Morgan fingerprint density at radius 3 is 2.75 bits per heavy atom. The second-order valence-electron chi connectivity index (χ2n) is 4.88. The normalized spacial score (nSPS) is 11.6. The van der Waals surface area contributed by atoms with E-state index in [2.05, 4.69) is 4.99 Å². The van der Waals surface area contributed by atoms with Gasteiger partial charge in [0.25, 0.3) is 0 Å². The fraction of sp³-hybridized carbons (Fsp3) is 0.235. The predicted molar refractivity (Wildman–Crippen MR) is 106 cm³/mol. The summed E-state index contributed by atoms with van der Waals surface area (Å²) in [4.78, 5) is 8.30. The highest BCUT2D eigenvalue weighted by atomic mass is 35.5. The number of thioether (sulfide) groups is 2. The number of benzene rings is 2. The molecule has 3 nitrogen and oxygen atoms in total. The van der Waals surface area contributed by atoms with Crippen LogP contribution in [0, 0.1) is 0 Å². The van der Waals surface area contributed by atoms with Crippen LogP contribution in [-0.2, 0) is 0 Å². The number of rotatable bonds is 6. The van der Waals surface area contributed by atoms with E-state index >= 15 is 0 Å². The molecule has 2 aromatic rings. The summed E-state index contributed by atoms with van der Waals surface area (Å²) in [5.41, 5.74) is 7.66. The zero-order valence-corrected chi connectivity index (χ0v) is 15.9. The van der Waals surface area contributed by atoms with E-state index in [4.69, 9.17) is 17.3 Å². The molecule has 2 rings (SSSR count). The molecule has 0 spiro atoms. The molecule has 0 radical (unpaired) electrons. The molecule has 24 heavy (non-hydrogen) atoms. The number of hydrogen-bond donors (Lipinski definition) is 1. The SMILES string of the molecule is CSc1cccc(N(C)C(N)=Nc2cc(SCCF)ccc2Cl)c1. The smallest absolute Gasteiger partial charge is 0.200 e. The summed E-state index contributed by atoms with van der Waals surface area (Å²) in [5.74, 6) is 0.740. The Kier molecular flexibility index (Phi) is 7.27. The molecule has 0 saturated heterocycles. The maximum Gasteiger partial charge on any atom is 0.200 e. The van der Waals surface area contributed by atoms with Crippen molar-refractivity contribution in [2.24, 2.45) is 10.7 Å². The van der Waals surface area contributed by atoms with Crippen LogP contribution < -0.4 is 10.6 Å². The van der Waals surface area contributed by atoms with Gasteiger partial charge < -0.3 is 10.6 Å². The van der Waals surface area contributed by atoms with Gasteiger partial charge in [-0.1, -0.05) is 17.7 Å². The Morgan fingerprint density at radius 1 is 1.25 bits per heavy atom. The number of guanidine groups is 1. The van der Waals surface area contributed by atoms with E-state index in [9.17, 15) is 4.39 Å². The molecule has 7 heteroatoms. The van der Waals surface area contributed by atoms with Crippen LogP contribution in [-0.4, -0.2) is 31.7 Å². The summed E-state index contributed by atoms with van der Waals surface area (Å²) in [6, 6.07) is 13.5. The fourth-order valence-electron chi connectivity index (χ4n) is 1.97. The first-order valence-corrected chi connectivity index (χ1v) is 9.84. The number of aliphatic imine (C=N–C) groups is 1. The van der Waals surface area contributed by atoms with Crippen LogP contribution in [0.1, 0.15) is 0 Å². The highest BCUT2D eigenvalue weighted by molar-refractivity contribution is 7.99. The predicted octanol–water partition coefficient (Wildman–Crippen LogP) is 5.21. The number of anilines is 1. The minimum Gasteiger partial charge on any atom is -0.369 e. The third-order valence-corrected chi connectivity index (χ3v) is 5.27. The van der Waals surface area contributed by atoms with E-state index in [1.54, 1.807) is 22.7 Å². The molecule has 2 N–H and O–H groups in total. The van der Waals surface area contributed by atoms with Gasteiger partial charge in [-0.25, -0.2) is 4.99 Å². The van der Waals surface area contributed by atoms with Gasteiger partial charge >= 0.3 is 0 Å². The van der Waals surface area contributed by atoms with Crippen LogP contribution >= 0.6 is 35.1 Å². The maximum absolute atomic E-state index is 12.3. The minimum absolute atomic E-state index is 0.336. The quantitative estimate of drug-likeness (QED) is 0.422. The van der Waals surface area contributed by atoms with E-state index in [1.165, 1.54) is 11.8 Å². The van der Waals surface area contributed by atoms with Crippen LogP contribution in [0.25, 0.3) is 0 Å². The molecule has 0 saturated carbocycles. The molecule has 2 aromatic carbocycles. The molecule has 0 amide bonds. The van der Waals surface area contributed by atoms with Crippen LogP contribution in [0.15, 0.2) is 57.2 Å². The third kappa shape index (κ3) is 5.06. The minimum atomic E-state index is -0.372. The number of nitrogens with two attached hydrogens (primary N) is 1. The average molecular weight is 384 g/mol. The first kappa shape index (κ1) is 19.0. The van der Waals surface area contributed by atoms with E-state index in [1.807, 2.05) is 49.7 Å². The first-order valence-electron chi connectivity index (χ1n) is 7.25. The molecular formula is C17H19ClFN3S2. The Hall–Kier alpha value is -1.37. The lowest BCUT2D eigenvalue weighted by Gasteiger charge is -2.19. The molecule has 0 aliphatic heterocycles. The Morgan fingerprint density at radius 2 is 2.04 bits per heavy atom. The van der Waals surface area contributed by atoms with Gasteiger partial charge in [0.15, 0.2) is 0 Å². The Labute approximate surface area is 155 Å². The Bertz CT molecular complexity index is 725. The van der Waals surface area contributed by atoms with Gasteiger partial charge in [0.2, 0.25) is 5.96 Å². The van der Waals surface area contributed by atoms with Crippen molar-refractivity contribution in [1.82, 2.24) is 0 Å². The van der Waals surface area contributed by atoms with Crippen molar-refractivity contribution in [2.75, 3.05) is 30.6 Å². The summed E-state index contributed by atoms with van der Waals surface area (Å²) in [7, 11) is 1.86. The van der Waals surface area contributed by atoms with Crippen LogP contribution in [0.3, 0.4) is 0 Å². The number of hydrogen-bond acceptors (Lipinski definition) is 3. The standard InChI is InChI=1S/C17H19ClFN3S2/c1-22(12-4-3-5-13(10-12)23-2)17(20)21-16-11-14(24-9-8-19)6-7-15(16)18/h3-7,10-11H,8-9H2,1-2H3,(H2,20,21). The number of halogens is 2. The molecule has 0 heterocycles. The molecule has 0 bridgehead atoms. The van der Waals surface area contributed by atoms with Crippen LogP contribution in [0.4, 0.5) is 15.8 Å². The molecule has 128 valence electrons. The van der Waals surface area contributed by atoms with Gasteiger partial charge in [0.1, 0.15) is 0 Å². The number of alkyl halides is 1. The van der Waals surface area contributed by atoms with Gasteiger partial charge in [-0.2, -0.15) is 0 Å². The van der Waals surface area contributed by atoms with Gasteiger partial charge in [-0.15, -0.1) is 23.5 Å². The first-order chi connectivity index (χ1) is 11.5. The highest BCUT2D eigenvalue weighted by Crippen LogP contribution is 2.31. The van der Waals surface area contributed by atoms with Crippen LogP contribution in [0.5, 0.6) is 0 Å². The topological polar surface area (TPSA) is 41.6 Å². The zero-order valence-electron chi connectivity index (χ0n) is 13.5. The lowest BCUT2D eigenvalue weighted by atomic mass is 10.3. The van der Waals surface area contributed by atoms with Crippen LogP contribution in [0.2, 0.25) is 5.02 Å². The lowest BCUT2D eigenvalue weighted by molar-refractivity contribution is 0.533. The second-order valence-corrected chi connectivity index (χ2v) is 7.34. The van der Waals surface area contributed by atoms with Crippen molar-refractivity contribution < 1.29 is 4.39 Å². The van der Waals surface area contributed by atoms with Gasteiger partial charge in [-0.05, 0) is 42.7 Å². The Balaban J connectivity index is 2.25. The average Bonchev–Trinajstić information content (AvgIpc) is 2.61. The summed E-state index contributed by atoms with van der Waals surface area (Å²) < 4.78 is 12.3. The molecule has 0 atom stereocenters. The number of nitrogens with zero attached hydrogens (tertiary/aromatic N) is 2. The highest BCUT2D eigenvalue weighted by Gasteiger charge is 2.08. The van der Waals surface area contributed by atoms with E-state index in [0.717, 1.165) is 15.5 Å². The van der Waals surface area contributed by atoms with E-state index in [-0.39, 0.29) is 6.67 Å². The molecule has 0 unspecified atom stereocenters. The third-order valence-electron chi connectivity index (χ3n) is 3.28. The van der Waals surface area contributed by atoms with E-state index < -0.39 is 0 Å². The van der Waals surface area contributed by atoms with Gasteiger partial charge in [0, 0.05) is 28.3 Å². The molecular weight excluding hydrogens is 365 g/mol. The summed E-state index contributed by atoms with van der Waals surface area (Å²) >= 11 is 9.29. The van der Waals surface area contributed by atoms with Gasteiger partial charge in [-0.3, -0.25) is 4.39 Å². The second kappa shape index (κ2) is 9.20. The lowest BCUT2D eigenvalue weighted by Crippen LogP contribution is -2.33. The monoisotopic (exact) mass is 383 g/mol. The van der Waals surface area contributed by atoms with Crippen molar-refractivity contribution in [2.45, 2.75) is 9.79 Å². The molecule has 0 aliphatic carbocycles. The molecule has 0 fully saturated rings. The van der Waals surface area contributed by atoms with Gasteiger partial charge in [0.05, 0.1) is 17.4 Å². The zero-order chi connectivity index (χ0) is 17.5. The summed E-state index contributed by atoms with van der Waals surface area (Å²) in [5, 5.41) is 0.508. The summed E-state index contributed by atoms with van der Waals surface area (Å²) in [6.45, 7) is -0.372. The van der Waals surface area contributed by atoms with Crippen molar-refractivity contribution in [3.63, 3.8) is 0 Å². The van der Waals surface area contributed by atoms with Crippen molar-refractivity contribution in [3.05, 3.63) is 47.5 Å². The maximum atomic E-state index is 12.3. The van der Waals surface area contributed by atoms with Crippen molar-refractivity contribution in [3.8, 4) is 0 Å². The van der Waals surface area contributed by atoms with E-state index in [0.29, 0.717) is 22.4 Å².